The molecule has 2 unspecified atom stereocenters. The molecule has 0 radical (unpaired) electrons. The van der Waals surface area contributed by atoms with Gasteiger partial charge in [0.15, 0.2) is 46.0 Å². The first-order valence-corrected chi connectivity index (χ1v) is 20.5. The van der Waals surface area contributed by atoms with E-state index in [9.17, 15) is 20.4 Å². The van der Waals surface area contributed by atoms with Crippen molar-refractivity contribution in [3.8, 4) is 91.2 Å². The highest BCUT2D eigenvalue weighted by Gasteiger charge is 2.45. The topological polar surface area (TPSA) is 192 Å². The van der Waals surface area contributed by atoms with E-state index in [0.717, 1.165) is 11.1 Å². The Hall–Kier alpha value is -5.68. The van der Waals surface area contributed by atoms with Crippen molar-refractivity contribution in [3.63, 3.8) is 0 Å². The number of aliphatic hydroxyl groups excluding tert-OH is 2. The van der Waals surface area contributed by atoms with Crippen molar-refractivity contribution < 1.29 is 77.3 Å². The van der Waals surface area contributed by atoms with Gasteiger partial charge in [0, 0.05) is 22.3 Å². The van der Waals surface area contributed by atoms with Crippen LogP contribution in [0, 0.1) is 11.8 Å². The van der Waals surface area contributed by atoms with Crippen molar-refractivity contribution in [1.29, 1.82) is 0 Å². The Bertz CT molecular complexity index is 2160. The Labute approximate surface area is 375 Å². The highest BCUT2D eigenvalue weighted by molar-refractivity contribution is 5.90. The molecule has 0 spiro atoms. The fourth-order valence-corrected chi connectivity index (χ4v) is 8.82. The molecule has 0 heterocycles. The largest absolute Gasteiger partial charge is 0.493 e. The van der Waals surface area contributed by atoms with Crippen LogP contribution in [0.2, 0.25) is 0 Å². The molecule has 0 amide bonds. The second-order valence-corrected chi connectivity index (χ2v) is 16.0. The Kier molecular flexibility index (Phi) is 15.1. The molecule has 0 bridgehead atoms. The van der Waals surface area contributed by atoms with Crippen LogP contribution in [0.4, 0.5) is 0 Å². The maximum Gasteiger partial charge on any atom is 0.203 e. The van der Waals surface area contributed by atoms with E-state index >= 15 is 0 Å². The Morgan fingerprint density at radius 2 is 0.609 bits per heavy atom. The lowest BCUT2D eigenvalue weighted by atomic mass is 9.73. The number of hydrogen-bond donors (Lipinski definition) is 4. The minimum absolute atomic E-state index is 0.314. The summed E-state index contributed by atoms with van der Waals surface area (Å²) in [7, 11) is 18.3. The molecular formula is C48H64O16. The Morgan fingerprint density at radius 3 is 0.844 bits per heavy atom. The van der Waals surface area contributed by atoms with E-state index < -0.39 is 23.4 Å². The molecule has 0 saturated carbocycles. The first-order valence-electron chi connectivity index (χ1n) is 20.5. The lowest BCUT2D eigenvalue weighted by Crippen LogP contribution is -2.41. The predicted molar refractivity (Wildman–Crippen MR) is 239 cm³/mol. The zero-order valence-corrected chi connectivity index (χ0v) is 39.7. The third-order valence-corrected chi connectivity index (χ3v) is 12.8. The molecule has 6 rings (SSSR count). The van der Waals surface area contributed by atoms with E-state index in [1.54, 1.807) is 54.4 Å². The summed E-state index contributed by atoms with van der Waals surface area (Å²) in [6.45, 7) is 7.02. The number of benzene rings is 4. The van der Waals surface area contributed by atoms with Gasteiger partial charge < -0.3 is 77.3 Å². The van der Waals surface area contributed by atoms with E-state index in [0.29, 0.717) is 115 Å². The van der Waals surface area contributed by atoms with Crippen molar-refractivity contribution in [2.45, 2.75) is 63.9 Å². The molecule has 4 aromatic carbocycles. The van der Waals surface area contributed by atoms with Crippen LogP contribution in [0.25, 0.3) is 22.3 Å². The number of hydrogen-bond acceptors (Lipinski definition) is 16. The molecule has 6 atom stereocenters. The summed E-state index contributed by atoms with van der Waals surface area (Å²) in [5.74, 6) is 4.18. The van der Waals surface area contributed by atoms with E-state index in [1.807, 2.05) is 26.0 Å². The summed E-state index contributed by atoms with van der Waals surface area (Å²) in [5, 5.41) is 45.5. The molecule has 0 fully saturated rings. The van der Waals surface area contributed by atoms with Gasteiger partial charge in [-0.3, -0.25) is 0 Å². The third-order valence-electron chi connectivity index (χ3n) is 12.8. The summed E-state index contributed by atoms with van der Waals surface area (Å²) < 4.78 is 67.8. The predicted octanol–water partition coefficient (Wildman–Crippen LogP) is 6.76. The smallest absolute Gasteiger partial charge is 0.203 e. The first-order chi connectivity index (χ1) is 30.4. The fourth-order valence-electron chi connectivity index (χ4n) is 8.82. The number of fused-ring (bicyclic) bond motifs is 6. The molecule has 16 nitrogen and oxygen atoms in total. The maximum atomic E-state index is 11.4. The summed E-state index contributed by atoms with van der Waals surface area (Å²) in [4.78, 5) is 0. The molecule has 4 N–H and O–H groups in total. The van der Waals surface area contributed by atoms with Gasteiger partial charge in [-0.05, 0) is 85.0 Å². The Morgan fingerprint density at radius 1 is 0.375 bits per heavy atom. The van der Waals surface area contributed by atoms with E-state index in [1.165, 1.54) is 56.9 Å². The lowest BCUT2D eigenvalue weighted by Gasteiger charge is -2.39. The molecular weight excluding hydrogens is 833 g/mol. The van der Waals surface area contributed by atoms with Crippen molar-refractivity contribution in [2.24, 2.45) is 11.8 Å². The second-order valence-electron chi connectivity index (χ2n) is 16.0. The number of rotatable bonds is 12. The fraction of sp³-hybridized carbons (Fsp3) is 0.500. The van der Waals surface area contributed by atoms with E-state index in [-0.39, 0.29) is 11.8 Å². The van der Waals surface area contributed by atoms with E-state index in [2.05, 4.69) is 0 Å². The van der Waals surface area contributed by atoms with Crippen molar-refractivity contribution >= 4 is 0 Å². The average molecular weight is 897 g/mol. The van der Waals surface area contributed by atoms with E-state index in [4.69, 9.17) is 56.8 Å². The number of methoxy groups -OCH3 is 12. The summed E-state index contributed by atoms with van der Waals surface area (Å²) in [6.07, 6.45) is -1.61. The SMILES string of the molecule is COc1cc2c(c(OC)c1OC)-c1c(cc(OC)c(OC)c1OC)[C@H](O)[C@@](C)(O)C(C)C2.COc1cc2c(c(OC)c1OC)-c1c(cc(OC)c(OC)c1OC)[C@H](O)[C@@](C)(O)C(C)C2. The zero-order chi connectivity index (χ0) is 47.6. The van der Waals surface area contributed by atoms with Gasteiger partial charge in [0.2, 0.25) is 23.0 Å². The summed E-state index contributed by atoms with van der Waals surface area (Å²) in [5.41, 5.74) is 2.01. The van der Waals surface area contributed by atoms with Gasteiger partial charge >= 0.3 is 0 Å². The molecule has 0 aromatic heterocycles. The van der Waals surface area contributed by atoms with Crippen LogP contribution >= 0.6 is 0 Å². The highest BCUT2D eigenvalue weighted by Crippen LogP contribution is 2.60. The third kappa shape index (κ3) is 8.05. The van der Waals surface area contributed by atoms with Crippen molar-refractivity contribution in [3.05, 3.63) is 46.5 Å². The highest BCUT2D eigenvalue weighted by atomic mass is 16.6. The quantitative estimate of drug-likeness (QED) is 0.116. The Balaban J connectivity index is 0.000000241. The molecule has 352 valence electrons. The van der Waals surface area contributed by atoms with Gasteiger partial charge in [-0.1, -0.05) is 13.8 Å². The lowest BCUT2D eigenvalue weighted by molar-refractivity contribution is -0.0989. The van der Waals surface area contributed by atoms with Gasteiger partial charge in [0.25, 0.3) is 0 Å². The maximum absolute atomic E-state index is 11.4. The van der Waals surface area contributed by atoms with Gasteiger partial charge in [-0.2, -0.15) is 0 Å². The van der Waals surface area contributed by atoms with Crippen molar-refractivity contribution in [2.75, 3.05) is 85.3 Å². The minimum Gasteiger partial charge on any atom is -0.493 e. The molecule has 0 aliphatic heterocycles. The molecule has 16 heteroatoms. The molecule has 2 aliphatic carbocycles. The van der Waals surface area contributed by atoms with Crippen LogP contribution in [0.1, 0.15) is 62.2 Å². The van der Waals surface area contributed by atoms with Crippen LogP contribution in [0.15, 0.2) is 24.3 Å². The van der Waals surface area contributed by atoms with Crippen LogP contribution in [0.5, 0.6) is 69.0 Å². The molecule has 2 aliphatic rings. The normalized spacial score (nSPS) is 22.1. The molecule has 64 heavy (non-hydrogen) atoms. The standard InChI is InChI=1S/2C24H32O8/c2*1-12-9-13-10-15(27-3)19(29-5)21(31-7)17(13)18-14(23(25)24(12,2)26)11-16(28-4)20(30-6)22(18)32-8/h2*10-12,23,25-26H,9H2,1-8H3/t2*12?,23-,24-/m00/s1. The average Bonchev–Trinajstić information content (AvgIpc) is 3.30. The van der Waals surface area contributed by atoms with Crippen LogP contribution < -0.4 is 56.8 Å². The number of aliphatic hydroxyl groups is 4. The zero-order valence-electron chi connectivity index (χ0n) is 39.7. The van der Waals surface area contributed by atoms with Crippen LogP contribution in [-0.2, 0) is 12.8 Å². The first kappa shape index (κ1) is 49.3. The molecule has 4 aromatic rings. The van der Waals surface area contributed by atoms with Crippen LogP contribution in [0.3, 0.4) is 0 Å². The van der Waals surface area contributed by atoms with Gasteiger partial charge in [0.05, 0.1) is 96.5 Å². The van der Waals surface area contributed by atoms with Gasteiger partial charge in [-0.25, -0.2) is 0 Å². The number of ether oxygens (including phenoxy) is 12. The van der Waals surface area contributed by atoms with Crippen LogP contribution in [-0.4, -0.2) is 117 Å². The van der Waals surface area contributed by atoms with Gasteiger partial charge in [-0.15, -0.1) is 0 Å². The van der Waals surface area contributed by atoms with Gasteiger partial charge in [0.1, 0.15) is 12.2 Å². The second kappa shape index (κ2) is 19.6. The molecule has 0 saturated heterocycles. The van der Waals surface area contributed by atoms with Crippen molar-refractivity contribution in [1.82, 2.24) is 0 Å². The minimum atomic E-state index is -1.45. The monoisotopic (exact) mass is 896 g/mol. The summed E-state index contributed by atoms with van der Waals surface area (Å²) >= 11 is 0. The summed E-state index contributed by atoms with van der Waals surface area (Å²) in [6, 6.07) is 7.05.